The van der Waals surface area contributed by atoms with Crippen molar-refractivity contribution in [3.8, 4) is 11.5 Å². The molecule has 0 saturated heterocycles. The van der Waals surface area contributed by atoms with Crippen LogP contribution < -0.4 is 20.5 Å². The minimum atomic E-state index is -1.01. The zero-order valence-electron chi connectivity index (χ0n) is 19.7. The van der Waals surface area contributed by atoms with Crippen LogP contribution in [0.1, 0.15) is 27.6 Å². The van der Waals surface area contributed by atoms with Crippen molar-refractivity contribution in [2.45, 2.75) is 12.6 Å². The third kappa shape index (κ3) is 4.99. The van der Waals surface area contributed by atoms with Crippen LogP contribution in [0.5, 0.6) is 11.5 Å². The van der Waals surface area contributed by atoms with Crippen molar-refractivity contribution in [3.63, 3.8) is 0 Å². The number of fused-ring (bicyclic) bond motifs is 1. The number of nitrogens with zero attached hydrogens (tertiary/aromatic N) is 2. The molecule has 1 unspecified atom stereocenters. The minimum Gasteiger partial charge on any atom is -0.495 e. The summed E-state index contributed by atoms with van der Waals surface area (Å²) in [6.45, 7) is 0.515. The van der Waals surface area contributed by atoms with Crippen LogP contribution in [0.25, 0.3) is 11.0 Å². The Balaban J connectivity index is 1.37. The van der Waals surface area contributed by atoms with Gasteiger partial charge in [-0.2, -0.15) is 0 Å². The largest absolute Gasteiger partial charge is 0.495 e. The van der Waals surface area contributed by atoms with Gasteiger partial charge in [-0.3, -0.25) is 9.13 Å². The van der Waals surface area contributed by atoms with Gasteiger partial charge in [0, 0.05) is 20.6 Å². The monoisotopic (exact) mass is 477 g/mol. The van der Waals surface area contributed by atoms with Crippen LogP contribution in [0.3, 0.4) is 0 Å². The number of benzene rings is 3. The van der Waals surface area contributed by atoms with Crippen LogP contribution in [0.2, 0.25) is 0 Å². The Bertz CT molecular complexity index is 1420. The average Bonchev–Trinajstić information content (AvgIpc) is 3.09. The average molecular weight is 478 g/mol. The first-order valence-corrected chi connectivity index (χ1v) is 11.0. The molecule has 35 heavy (non-hydrogen) atoms. The highest BCUT2D eigenvalue weighted by Crippen LogP contribution is 2.26. The fourth-order valence-corrected chi connectivity index (χ4v) is 3.88. The molecule has 1 atom stereocenters. The Morgan fingerprint density at radius 2 is 1.71 bits per heavy atom. The normalized spacial score (nSPS) is 11.9. The van der Waals surface area contributed by atoms with E-state index >= 15 is 0 Å². The lowest BCUT2D eigenvalue weighted by Crippen LogP contribution is -2.19. The van der Waals surface area contributed by atoms with Crippen LogP contribution in [0.4, 0.5) is 5.69 Å². The lowest BCUT2D eigenvalue weighted by atomic mass is 10.1. The fraction of sp³-hybridized carbons (Fsp3) is 0.231. The van der Waals surface area contributed by atoms with Gasteiger partial charge < -0.3 is 25.0 Å². The minimum absolute atomic E-state index is 0.0586. The second-order valence-electron chi connectivity index (χ2n) is 8.19. The van der Waals surface area contributed by atoms with E-state index in [4.69, 9.17) is 9.47 Å². The third-order valence-corrected chi connectivity index (χ3v) is 5.94. The maximum Gasteiger partial charge on any atom is 0.335 e. The Morgan fingerprint density at radius 3 is 2.40 bits per heavy atom. The van der Waals surface area contributed by atoms with Gasteiger partial charge in [-0.05, 0) is 53.6 Å². The van der Waals surface area contributed by atoms with E-state index in [1.807, 2.05) is 18.2 Å². The smallest absolute Gasteiger partial charge is 0.335 e. The second-order valence-corrected chi connectivity index (χ2v) is 8.19. The number of carboxylic acids is 1. The summed E-state index contributed by atoms with van der Waals surface area (Å²) in [5.41, 5.74) is 3.80. The number of aliphatic hydroxyl groups excluding tert-OH is 1. The lowest BCUT2D eigenvalue weighted by Gasteiger charge is -2.14. The maximum absolute atomic E-state index is 12.1. The number of methoxy groups -OCH3 is 1. The molecular weight excluding hydrogens is 450 g/mol. The number of aromatic nitrogens is 2. The summed E-state index contributed by atoms with van der Waals surface area (Å²) in [7, 11) is 4.94. The second kappa shape index (κ2) is 9.94. The molecule has 0 saturated carbocycles. The van der Waals surface area contributed by atoms with Crippen LogP contribution in [0.15, 0.2) is 65.5 Å². The van der Waals surface area contributed by atoms with Crippen molar-refractivity contribution < 1.29 is 24.5 Å². The Hall–Kier alpha value is -4.24. The predicted octanol–water partition coefficient (Wildman–Crippen LogP) is 3.31. The summed E-state index contributed by atoms with van der Waals surface area (Å²) in [5, 5.41) is 23.0. The highest BCUT2D eigenvalue weighted by molar-refractivity contribution is 5.89. The van der Waals surface area contributed by atoms with Crippen molar-refractivity contribution >= 4 is 22.7 Å². The molecule has 4 rings (SSSR count). The number of nitrogens with one attached hydrogen (secondary N) is 1. The van der Waals surface area contributed by atoms with E-state index in [2.05, 4.69) is 5.32 Å². The van der Waals surface area contributed by atoms with Crippen LogP contribution in [0, 0.1) is 0 Å². The molecule has 9 heteroatoms. The molecule has 3 aromatic carbocycles. The van der Waals surface area contributed by atoms with Gasteiger partial charge in [-0.25, -0.2) is 9.59 Å². The third-order valence-electron chi connectivity index (χ3n) is 5.94. The molecule has 0 spiro atoms. The van der Waals surface area contributed by atoms with Gasteiger partial charge in [0.25, 0.3) is 0 Å². The van der Waals surface area contributed by atoms with E-state index in [0.717, 1.165) is 16.6 Å². The zero-order valence-corrected chi connectivity index (χ0v) is 19.7. The Labute approximate surface area is 201 Å². The van der Waals surface area contributed by atoms with Gasteiger partial charge in [0.1, 0.15) is 24.2 Å². The summed E-state index contributed by atoms with van der Waals surface area (Å²) >= 11 is 0. The number of carbonyl (C=O) groups is 1. The number of aromatic carboxylic acids is 1. The molecule has 0 amide bonds. The molecule has 0 aliphatic rings. The summed E-state index contributed by atoms with van der Waals surface area (Å²) < 4.78 is 14.2. The number of hydrogen-bond donors (Lipinski definition) is 3. The molecular formula is C26H27N3O6. The number of aryl methyl sites for hydroxylation is 2. The lowest BCUT2D eigenvalue weighted by molar-refractivity contribution is 0.0697. The van der Waals surface area contributed by atoms with Gasteiger partial charge in [-0.15, -0.1) is 0 Å². The van der Waals surface area contributed by atoms with Crippen LogP contribution in [-0.4, -0.2) is 39.0 Å². The molecule has 4 aromatic rings. The molecule has 182 valence electrons. The van der Waals surface area contributed by atoms with Gasteiger partial charge >= 0.3 is 11.7 Å². The van der Waals surface area contributed by atoms with Gasteiger partial charge in [0.05, 0.1) is 29.4 Å². The number of hydrogen-bond acceptors (Lipinski definition) is 6. The first kappa shape index (κ1) is 23.9. The van der Waals surface area contributed by atoms with Crippen LogP contribution in [-0.2, 0) is 20.6 Å². The molecule has 9 nitrogen and oxygen atoms in total. The number of imidazole rings is 1. The van der Waals surface area contributed by atoms with E-state index in [1.165, 1.54) is 19.2 Å². The number of anilines is 1. The number of carboxylic acid groups (broad SMARTS) is 1. The molecule has 0 fully saturated rings. The molecule has 0 aliphatic carbocycles. The van der Waals surface area contributed by atoms with E-state index in [-0.39, 0.29) is 17.9 Å². The number of rotatable bonds is 9. The van der Waals surface area contributed by atoms with Crippen LogP contribution >= 0.6 is 0 Å². The summed E-state index contributed by atoms with van der Waals surface area (Å²) in [4.78, 5) is 23.3. The summed E-state index contributed by atoms with van der Waals surface area (Å²) in [6, 6.07) is 17.4. The number of ether oxygens (including phenoxy) is 2. The first-order valence-electron chi connectivity index (χ1n) is 11.0. The SMILES string of the molecule is COc1ccc(C(=O)O)cc1NCc1ccc(OCC(O)c2ccc3c(c2)n(C)c(=O)n3C)cc1. The summed E-state index contributed by atoms with van der Waals surface area (Å²) in [6.07, 6.45) is -0.856. The van der Waals surface area contributed by atoms with Crippen molar-refractivity contribution in [1.82, 2.24) is 9.13 Å². The topological polar surface area (TPSA) is 115 Å². The quantitative estimate of drug-likeness (QED) is 0.339. The Kier molecular flexibility index (Phi) is 6.79. The van der Waals surface area contributed by atoms with Gasteiger partial charge in [0.15, 0.2) is 0 Å². The Morgan fingerprint density at radius 1 is 1.00 bits per heavy atom. The molecule has 0 aliphatic heterocycles. The highest BCUT2D eigenvalue weighted by Gasteiger charge is 2.14. The zero-order chi connectivity index (χ0) is 25.1. The van der Waals surface area contributed by atoms with E-state index < -0.39 is 12.1 Å². The standard InChI is InChI=1S/C26H27N3O6/c1-28-21-10-6-17(13-22(21)29(2)26(28)33)23(30)15-35-19-8-4-16(5-9-19)14-27-20-12-18(25(31)32)7-11-24(20)34-3/h4-13,23,27,30H,14-15H2,1-3H3,(H,31,32). The maximum atomic E-state index is 12.1. The molecule has 1 aromatic heterocycles. The highest BCUT2D eigenvalue weighted by atomic mass is 16.5. The predicted molar refractivity (Wildman–Crippen MR) is 132 cm³/mol. The number of aliphatic hydroxyl groups is 1. The summed E-state index contributed by atoms with van der Waals surface area (Å²) in [5.74, 6) is 0.149. The van der Waals surface area contributed by atoms with E-state index in [9.17, 15) is 19.8 Å². The van der Waals surface area contributed by atoms with Gasteiger partial charge in [0.2, 0.25) is 0 Å². The van der Waals surface area contributed by atoms with E-state index in [0.29, 0.717) is 29.3 Å². The molecule has 0 radical (unpaired) electrons. The van der Waals surface area contributed by atoms with Crippen molar-refractivity contribution in [1.29, 1.82) is 0 Å². The van der Waals surface area contributed by atoms with E-state index in [1.54, 1.807) is 53.6 Å². The van der Waals surface area contributed by atoms with Crippen molar-refractivity contribution in [3.05, 3.63) is 87.8 Å². The molecule has 1 heterocycles. The molecule has 3 N–H and O–H groups in total. The fourth-order valence-electron chi connectivity index (χ4n) is 3.88. The van der Waals surface area contributed by atoms with Gasteiger partial charge in [-0.1, -0.05) is 18.2 Å². The molecule has 0 bridgehead atoms. The van der Waals surface area contributed by atoms with Crippen molar-refractivity contribution in [2.75, 3.05) is 19.0 Å². The first-order chi connectivity index (χ1) is 16.8. The van der Waals surface area contributed by atoms with Crippen molar-refractivity contribution in [2.24, 2.45) is 14.1 Å².